The molecule has 20 heavy (non-hydrogen) atoms. The van der Waals surface area contributed by atoms with Crippen molar-refractivity contribution in [3.05, 3.63) is 65.7 Å². The van der Waals surface area contributed by atoms with E-state index in [4.69, 9.17) is 11.6 Å². The molecule has 0 saturated heterocycles. The molecule has 104 valence electrons. The summed E-state index contributed by atoms with van der Waals surface area (Å²) in [6.45, 7) is 0. The first-order valence-electron chi connectivity index (χ1n) is 5.89. The van der Waals surface area contributed by atoms with E-state index < -0.39 is 11.7 Å². The van der Waals surface area contributed by atoms with Crippen LogP contribution in [0.3, 0.4) is 0 Å². The molecule has 0 bridgehead atoms. The van der Waals surface area contributed by atoms with Crippen molar-refractivity contribution in [2.24, 2.45) is 4.99 Å². The molecular formula is C15H11ClF3N. The largest absolute Gasteiger partial charge is 0.416 e. The highest BCUT2D eigenvalue weighted by Gasteiger charge is 2.29. The summed E-state index contributed by atoms with van der Waals surface area (Å²) < 4.78 is 37.3. The molecule has 0 unspecified atom stereocenters. The lowest BCUT2D eigenvalue weighted by Crippen LogP contribution is -2.05. The highest BCUT2D eigenvalue weighted by atomic mass is 35.5. The Balaban J connectivity index is 2.09. The van der Waals surface area contributed by atoms with Crippen molar-refractivity contribution in [2.75, 3.05) is 0 Å². The maximum Gasteiger partial charge on any atom is 0.416 e. The Morgan fingerprint density at radius 3 is 2.10 bits per heavy atom. The number of aliphatic imine (C=N–C) groups is 1. The van der Waals surface area contributed by atoms with E-state index in [2.05, 4.69) is 4.99 Å². The quantitative estimate of drug-likeness (QED) is 0.689. The molecule has 0 amide bonds. The predicted octanol–water partition coefficient (Wildman–Crippen LogP) is 5.22. The van der Waals surface area contributed by atoms with Gasteiger partial charge in [0.05, 0.1) is 11.3 Å². The summed E-state index contributed by atoms with van der Waals surface area (Å²) in [5.41, 5.74) is 0.726. The Morgan fingerprint density at radius 1 is 0.950 bits per heavy atom. The van der Waals surface area contributed by atoms with Crippen LogP contribution in [0.4, 0.5) is 18.9 Å². The number of nitrogens with zero attached hydrogens (tertiary/aromatic N) is 1. The van der Waals surface area contributed by atoms with Crippen LogP contribution in [0.1, 0.15) is 11.1 Å². The van der Waals surface area contributed by atoms with Crippen LogP contribution < -0.4 is 0 Å². The molecule has 0 aliphatic rings. The summed E-state index contributed by atoms with van der Waals surface area (Å²) in [7, 11) is 0. The Morgan fingerprint density at radius 2 is 1.55 bits per heavy atom. The van der Waals surface area contributed by atoms with E-state index >= 15 is 0 Å². The van der Waals surface area contributed by atoms with Crippen molar-refractivity contribution in [1.29, 1.82) is 0 Å². The summed E-state index contributed by atoms with van der Waals surface area (Å²) in [4.78, 5) is 4.19. The fourth-order valence-corrected chi connectivity index (χ4v) is 1.91. The first-order valence-corrected chi connectivity index (χ1v) is 6.27. The van der Waals surface area contributed by atoms with Crippen molar-refractivity contribution in [1.82, 2.24) is 0 Å². The topological polar surface area (TPSA) is 12.4 Å². The van der Waals surface area contributed by atoms with Gasteiger partial charge < -0.3 is 0 Å². The third kappa shape index (κ3) is 4.10. The molecule has 0 atom stereocenters. The van der Waals surface area contributed by atoms with Gasteiger partial charge in [-0.3, -0.25) is 0 Å². The predicted molar refractivity (Wildman–Crippen MR) is 74.5 cm³/mol. The number of alkyl halides is 3. The zero-order valence-electron chi connectivity index (χ0n) is 10.4. The molecule has 0 aromatic heterocycles. The van der Waals surface area contributed by atoms with E-state index in [1.807, 2.05) is 18.2 Å². The van der Waals surface area contributed by atoms with Crippen LogP contribution in [0.15, 0.2) is 59.6 Å². The van der Waals surface area contributed by atoms with E-state index in [-0.39, 0.29) is 0 Å². The second-order valence-corrected chi connectivity index (χ2v) is 4.63. The Labute approximate surface area is 119 Å². The minimum Gasteiger partial charge on any atom is -0.241 e. The smallest absolute Gasteiger partial charge is 0.241 e. The number of rotatable bonds is 3. The molecule has 0 radical (unpaired) electrons. The second kappa shape index (κ2) is 6.09. The zero-order valence-corrected chi connectivity index (χ0v) is 11.1. The molecule has 2 rings (SSSR count). The lowest BCUT2D eigenvalue weighted by atomic mass is 10.1. The molecule has 0 aliphatic carbocycles. The standard InChI is InChI=1S/C15H11ClF3N/c16-14(20-13-4-2-1-3-5-13)10-11-6-8-12(9-7-11)15(17,18)19/h1-9H,10H2. The molecule has 2 aromatic rings. The third-order valence-electron chi connectivity index (χ3n) is 2.64. The minimum absolute atomic E-state index is 0.300. The molecule has 0 spiro atoms. The molecular weight excluding hydrogens is 287 g/mol. The second-order valence-electron chi connectivity index (χ2n) is 4.20. The SMILES string of the molecule is FC(F)(F)c1ccc(CC(Cl)=Nc2ccccc2)cc1. The van der Waals surface area contributed by atoms with Crippen molar-refractivity contribution in [2.45, 2.75) is 12.6 Å². The van der Waals surface area contributed by atoms with Gasteiger partial charge in [0.2, 0.25) is 0 Å². The summed E-state index contributed by atoms with van der Waals surface area (Å²) in [6.07, 6.45) is -4.02. The Bertz CT molecular complexity index is 589. The number of hydrogen-bond donors (Lipinski definition) is 0. The molecule has 5 heteroatoms. The maximum atomic E-state index is 12.4. The first kappa shape index (κ1) is 14.6. The van der Waals surface area contributed by atoms with E-state index in [0.717, 1.165) is 12.1 Å². The average molecular weight is 298 g/mol. The highest BCUT2D eigenvalue weighted by molar-refractivity contribution is 6.65. The zero-order chi connectivity index (χ0) is 14.6. The van der Waals surface area contributed by atoms with Crippen LogP contribution in [0.25, 0.3) is 0 Å². The maximum absolute atomic E-state index is 12.4. The number of para-hydroxylation sites is 1. The molecule has 0 N–H and O–H groups in total. The van der Waals surface area contributed by atoms with Gasteiger partial charge in [-0.2, -0.15) is 13.2 Å². The van der Waals surface area contributed by atoms with Gasteiger partial charge in [-0.1, -0.05) is 41.9 Å². The van der Waals surface area contributed by atoms with E-state index in [9.17, 15) is 13.2 Å². The summed E-state index contributed by atoms with van der Waals surface area (Å²) in [5, 5.41) is 0.330. The van der Waals surface area contributed by atoms with Crippen LogP contribution >= 0.6 is 11.6 Å². The van der Waals surface area contributed by atoms with Crippen LogP contribution in [0.2, 0.25) is 0 Å². The Hall–Kier alpha value is -1.81. The van der Waals surface area contributed by atoms with Crippen LogP contribution in [0.5, 0.6) is 0 Å². The van der Waals surface area contributed by atoms with Gasteiger partial charge in [0.25, 0.3) is 0 Å². The van der Waals surface area contributed by atoms with Crippen LogP contribution in [-0.4, -0.2) is 5.17 Å². The van der Waals surface area contributed by atoms with Crippen LogP contribution in [-0.2, 0) is 12.6 Å². The number of halogens is 4. The molecule has 0 saturated carbocycles. The molecule has 1 nitrogen and oxygen atoms in total. The van der Waals surface area contributed by atoms with Gasteiger partial charge in [-0.15, -0.1) is 0 Å². The fraction of sp³-hybridized carbons (Fsp3) is 0.133. The molecule has 2 aromatic carbocycles. The van der Waals surface area contributed by atoms with Crippen molar-refractivity contribution in [3.8, 4) is 0 Å². The van der Waals surface area contributed by atoms with Gasteiger partial charge in [0.1, 0.15) is 5.17 Å². The molecule has 0 heterocycles. The van der Waals surface area contributed by atoms with Gasteiger partial charge >= 0.3 is 6.18 Å². The first-order chi connectivity index (χ1) is 9.45. The molecule has 0 aliphatic heterocycles. The van der Waals surface area contributed by atoms with E-state index in [0.29, 0.717) is 22.8 Å². The average Bonchev–Trinajstić information content (AvgIpc) is 2.39. The summed E-state index contributed by atoms with van der Waals surface area (Å²) in [5.74, 6) is 0. The highest BCUT2D eigenvalue weighted by Crippen LogP contribution is 2.29. The van der Waals surface area contributed by atoms with E-state index in [1.165, 1.54) is 12.1 Å². The van der Waals surface area contributed by atoms with Crippen molar-refractivity contribution >= 4 is 22.5 Å². The minimum atomic E-state index is -4.32. The summed E-state index contributed by atoms with van der Waals surface area (Å²) in [6, 6.07) is 14.0. The van der Waals surface area contributed by atoms with Crippen molar-refractivity contribution in [3.63, 3.8) is 0 Å². The Kier molecular flexibility index (Phi) is 4.45. The van der Waals surface area contributed by atoms with Gasteiger partial charge in [-0.25, -0.2) is 4.99 Å². The summed E-state index contributed by atoms with van der Waals surface area (Å²) >= 11 is 6.01. The van der Waals surface area contributed by atoms with Crippen LogP contribution in [0, 0.1) is 0 Å². The monoisotopic (exact) mass is 297 g/mol. The lowest BCUT2D eigenvalue weighted by Gasteiger charge is -2.07. The van der Waals surface area contributed by atoms with Gasteiger partial charge in [0.15, 0.2) is 0 Å². The number of hydrogen-bond acceptors (Lipinski definition) is 1. The third-order valence-corrected chi connectivity index (χ3v) is 2.86. The van der Waals surface area contributed by atoms with Crippen molar-refractivity contribution < 1.29 is 13.2 Å². The van der Waals surface area contributed by atoms with Gasteiger partial charge in [0, 0.05) is 6.42 Å². The van der Waals surface area contributed by atoms with Gasteiger partial charge in [-0.05, 0) is 29.8 Å². The normalized spacial score (nSPS) is 12.5. The van der Waals surface area contributed by atoms with E-state index in [1.54, 1.807) is 12.1 Å². The molecule has 0 fully saturated rings. The fourth-order valence-electron chi connectivity index (χ4n) is 1.66. The number of benzene rings is 2. The lowest BCUT2D eigenvalue weighted by molar-refractivity contribution is -0.137.